The van der Waals surface area contributed by atoms with Gasteiger partial charge in [-0.1, -0.05) is 66.7 Å². The van der Waals surface area contributed by atoms with Crippen molar-refractivity contribution in [2.24, 2.45) is 0 Å². The molecular formula is C26H27FN2O2. The Morgan fingerprint density at radius 1 is 0.903 bits per heavy atom. The molecule has 1 N–H and O–H groups in total. The van der Waals surface area contributed by atoms with E-state index in [4.69, 9.17) is 0 Å². The summed E-state index contributed by atoms with van der Waals surface area (Å²) in [6.45, 7) is 2.18. The summed E-state index contributed by atoms with van der Waals surface area (Å²) in [4.78, 5) is 27.9. The molecule has 3 aromatic rings. The molecule has 1 atom stereocenters. The molecule has 0 aliphatic rings. The summed E-state index contributed by atoms with van der Waals surface area (Å²) in [5, 5.41) is 2.70. The lowest BCUT2D eigenvalue weighted by Crippen LogP contribution is -2.50. The second kappa shape index (κ2) is 10.5. The lowest BCUT2D eigenvalue weighted by atomic mass is 10.0. The van der Waals surface area contributed by atoms with Crippen molar-refractivity contribution in [2.45, 2.75) is 32.4 Å². The van der Waals surface area contributed by atoms with E-state index in [0.717, 1.165) is 22.3 Å². The van der Waals surface area contributed by atoms with Gasteiger partial charge in [0.25, 0.3) is 0 Å². The van der Waals surface area contributed by atoms with Gasteiger partial charge in [-0.05, 0) is 41.3 Å². The van der Waals surface area contributed by atoms with Crippen LogP contribution in [-0.2, 0) is 29.0 Å². The van der Waals surface area contributed by atoms with Crippen molar-refractivity contribution < 1.29 is 14.0 Å². The lowest BCUT2D eigenvalue weighted by molar-refractivity contribution is -0.140. The van der Waals surface area contributed by atoms with E-state index >= 15 is 0 Å². The average molecular weight is 419 g/mol. The van der Waals surface area contributed by atoms with Gasteiger partial charge in [-0.15, -0.1) is 0 Å². The molecule has 0 bridgehead atoms. The summed E-state index contributed by atoms with van der Waals surface area (Å²) < 4.78 is 13.4. The van der Waals surface area contributed by atoms with E-state index in [2.05, 4.69) is 5.32 Å². The van der Waals surface area contributed by atoms with Gasteiger partial charge < -0.3 is 10.2 Å². The zero-order valence-corrected chi connectivity index (χ0v) is 17.8. The van der Waals surface area contributed by atoms with Crippen LogP contribution in [0.15, 0.2) is 78.9 Å². The second-order valence-corrected chi connectivity index (χ2v) is 7.57. The fraction of sp³-hybridized carbons (Fsp3) is 0.231. The first-order chi connectivity index (χ1) is 15.0. The minimum Gasteiger partial charge on any atom is -0.357 e. The largest absolute Gasteiger partial charge is 0.357 e. The van der Waals surface area contributed by atoms with Gasteiger partial charge in [0.2, 0.25) is 11.8 Å². The minimum absolute atomic E-state index is 0.150. The summed E-state index contributed by atoms with van der Waals surface area (Å²) in [6.07, 6.45) is 0.581. The van der Waals surface area contributed by atoms with Crippen LogP contribution < -0.4 is 5.32 Å². The zero-order chi connectivity index (χ0) is 22.2. The Bertz CT molecular complexity index is 1020. The summed E-state index contributed by atoms with van der Waals surface area (Å²) >= 11 is 0. The number of nitrogens with one attached hydrogen (secondary N) is 1. The van der Waals surface area contributed by atoms with Crippen LogP contribution in [0.1, 0.15) is 22.3 Å². The summed E-state index contributed by atoms with van der Waals surface area (Å²) in [7, 11) is 1.57. The lowest BCUT2D eigenvalue weighted by Gasteiger charge is -2.31. The first kappa shape index (κ1) is 22.2. The Morgan fingerprint density at radius 2 is 1.55 bits per heavy atom. The number of nitrogens with zero attached hydrogens (tertiary/aromatic N) is 1. The van der Waals surface area contributed by atoms with Gasteiger partial charge in [-0.25, -0.2) is 4.39 Å². The highest BCUT2D eigenvalue weighted by Gasteiger charge is 2.30. The molecule has 0 aromatic heterocycles. The molecule has 4 nitrogen and oxygen atoms in total. The van der Waals surface area contributed by atoms with E-state index in [1.807, 2.05) is 61.5 Å². The molecule has 5 heteroatoms. The molecule has 0 heterocycles. The van der Waals surface area contributed by atoms with E-state index < -0.39 is 6.04 Å². The molecule has 0 spiro atoms. The van der Waals surface area contributed by atoms with E-state index in [1.54, 1.807) is 24.1 Å². The number of hydrogen-bond acceptors (Lipinski definition) is 2. The number of benzene rings is 3. The molecule has 3 rings (SSSR count). The molecule has 0 fully saturated rings. The number of aryl methyl sites for hydroxylation is 1. The van der Waals surface area contributed by atoms with Crippen LogP contribution in [0, 0.1) is 12.7 Å². The summed E-state index contributed by atoms with van der Waals surface area (Å²) in [5.41, 5.74) is 3.68. The highest BCUT2D eigenvalue weighted by molar-refractivity contribution is 5.88. The molecule has 0 radical (unpaired) electrons. The number of amides is 2. The van der Waals surface area contributed by atoms with Gasteiger partial charge in [0.1, 0.15) is 11.9 Å². The Kier molecular flexibility index (Phi) is 7.55. The number of likely N-dealkylation sites (N-methyl/N-ethyl adjacent to an activating group) is 1. The van der Waals surface area contributed by atoms with Crippen molar-refractivity contribution in [3.8, 4) is 0 Å². The van der Waals surface area contributed by atoms with Crippen molar-refractivity contribution in [1.82, 2.24) is 10.2 Å². The van der Waals surface area contributed by atoms with E-state index in [1.165, 1.54) is 12.1 Å². The van der Waals surface area contributed by atoms with Crippen molar-refractivity contribution in [2.75, 3.05) is 7.05 Å². The van der Waals surface area contributed by atoms with Gasteiger partial charge in [0.15, 0.2) is 0 Å². The number of carbonyl (C=O) groups is 2. The Labute approximate surface area is 182 Å². The Morgan fingerprint density at radius 3 is 2.19 bits per heavy atom. The molecule has 0 saturated heterocycles. The number of halogens is 1. The molecule has 1 unspecified atom stereocenters. The minimum atomic E-state index is -0.686. The van der Waals surface area contributed by atoms with Crippen LogP contribution >= 0.6 is 0 Å². The maximum Gasteiger partial charge on any atom is 0.242 e. The molecule has 0 aliphatic carbocycles. The number of rotatable bonds is 8. The third-order valence-corrected chi connectivity index (χ3v) is 5.39. The van der Waals surface area contributed by atoms with Gasteiger partial charge in [0, 0.05) is 20.0 Å². The summed E-state index contributed by atoms with van der Waals surface area (Å²) in [6, 6.07) is 22.7. The molecular weight excluding hydrogens is 391 g/mol. The standard InChI is InChI=1S/C26H27FN2O2/c1-19-8-6-7-11-22(19)17-25(30)29(18-21-12-14-23(27)15-13-21)24(26(31)28-2)16-20-9-4-3-5-10-20/h3-15,24H,16-18H2,1-2H3,(H,28,31). The van der Waals surface area contributed by atoms with Crippen molar-refractivity contribution in [3.63, 3.8) is 0 Å². The average Bonchev–Trinajstić information content (AvgIpc) is 2.79. The highest BCUT2D eigenvalue weighted by Crippen LogP contribution is 2.18. The fourth-order valence-corrected chi connectivity index (χ4v) is 3.58. The van der Waals surface area contributed by atoms with Gasteiger partial charge in [-0.3, -0.25) is 9.59 Å². The maximum atomic E-state index is 13.5. The normalized spacial score (nSPS) is 11.6. The molecule has 2 amide bonds. The monoisotopic (exact) mass is 418 g/mol. The summed E-state index contributed by atoms with van der Waals surface area (Å²) in [5.74, 6) is -0.721. The first-order valence-electron chi connectivity index (χ1n) is 10.3. The van der Waals surface area contributed by atoms with Crippen LogP contribution in [0.4, 0.5) is 4.39 Å². The molecule has 160 valence electrons. The maximum absolute atomic E-state index is 13.5. The van der Waals surface area contributed by atoms with Crippen LogP contribution in [0.3, 0.4) is 0 Å². The number of carbonyl (C=O) groups excluding carboxylic acids is 2. The van der Waals surface area contributed by atoms with E-state index in [0.29, 0.717) is 6.42 Å². The molecule has 0 aliphatic heterocycles. The van der Waals surface area contributed by atoms with Gasteiger partial charge in [-0.2, -0.15) is 0 Å². The predicted octanol–water partition coefficient (Wildman–Crippen LogP) is 4.06. The SMILES string of the molecule is CNC(=O)C(Cc1ccccc1)N(Cc1ccc(F)cc1)C(=O)Cc1ccccc1C. The highest BCUT2D eigenvalue weighted by atomic mass is 19.1. The molecule has 31 heavy (non-hydrogen) atoms. The van der Waals surface area contributed by atoms with E-state index in [-0.39, 0.29) is 30.6 Å². The topological polar surface area (TPSA) is 49.4 Å². The Balaban J connectivity index is 1.94. The number of hydrogen-bond donors (Lipinski definition) is 1. The fourth-order valence-electron chi connectivity index (χ4n) is 3.58. The third-order valence-electron chi connectivity index (χ3n) is 5.39. The third kappa shape index (κ3) is 6.01. The van der Waals surface area contributed by atoms with Crippen LogP contribution in [0.2, 0.25) is 0 Å². The second-order valence-electron chi connectivity index (χ2n) is 7.57. The smallest absolute Gasteiger partial charge is 0.242 e. The predicted molar refractivity (Wildman–Crippen MR) is 120 cm³/mol. The van der Waals surface area contributed by atoms with Gasteiger partial charge >= 0.3 is 0 Å². The van der Waals surface area contributed by atoms with Gasteiger partial charge in [0.05, 0.1) is 6.42 Å². The first-order valence-corrected chi connectivity index (χ1v) is 10.3. The van der Waals surface area contributed by atoms with Crippen molar-refractivity contribution in [3.05, 3.63) is 107 Å². The van der Waals surface area contributed by atoms with Crippen LogP contribution in [-0.4, -0.2) is 29.8 Å². The Hall–Kier alpha value is -3.47. The molecule has 0 saturated carbocycles. The van der Waals surface area contributed by atoms with Crippen molar-refractivity contribution >= 4 is 11.8 Å². The van der Waals surface area contributed by atoms with Crippen LogP contribution in [0.5, 0.6) is 0 Å². The molecule has 3 aromatic carbocycles. The quantitative estimate of drug-likeness (QED) is 0.600. The van der Waals surface area contributed by atoms with Crippen LogP contribution in [0.25, 0.3) is 0 Å². The zero-order valence-electron chi connectivity index (χ0n) is 17.8. The van der Waals surface area contributed by atoms with E-state index in [9.17, 15) is 14.0 Å². The van der Waals surface area contributed by atoms with Crippen molar-refractivity contribution in [1.29, 1.82) is 0 Å².